The number of carboxylic acid groups (broad SMARTS) is 2. The third kappa shape index (κ3) is 19.2. The first-order valence-corrected chi connectivity index (χ1v) is 11.3. The molecule has 1 atom stereocenters. The zero-order valence-corrected chi connectivity index (χ0v) is 18.2. The van der Waals surface area contributed by atoms with Crippen LogP contribution in [0, 0.1) is 0 Å². The van der Waals surface area contributed by atoms with E-state index in [1.165, 1.54) is 44.9 Å². The van der Waals surface area contributed by atoms with E-state index in [9.17, 15) is 19.2 Å². The molecule has 30 heavy (non-hydrogen) atoms. The molecule has 0 bridgehead atoms. The Labute approximate surface area is 180 Å². The lowest BCUT2D eigenvalue weighted by atomic mass is 10.0. The molecule has 0 fully saturated rings. The quantitative estimate of drug-likeness (QED) is 0.205. The largest absolute Gasteiger partial charge is 0.481 e. The number of nitrogens with two attached hydrogens (primary N) is 1. The van der Waals surface area contributed by atoms with Crippen LogP contribution in [0.1, 0.15) is 109 Å². The second-order valence-corrected chi connectivity index (χ2v) is 7.97. The molecule has 0 aromatic carbocycles. The van der Waals surface area contributed by atoms with Crippen molar-refractivity contribution in [3.8, 4) is 0 Å². The van der Waals surface area contributed by atoms with Gasteiger partial charge in [0.2, 0.25) is 11.8 Å². The average Bonchev–Trinajstić information content (AvgIpc) is 2.66. The van der Waals surface area contributed by atoms with Gasteiger partial charge in [0.05, 0.1) is 6.42 Å². The van der Waals surface area contributed by atoms with Gasteiger partial charge in [0, 0.05) is 12.8 Å². The van der Waals surface area contributed by atoms with Gasteiger partial charge in [-0.3, -0.25) is 14.4 Å². The summed E-state index contributed by atoms with van der Waals surface area (Å²) in [6.07, 6.45) is 15.6. The molecule has 8 heteroatoms. The number of hydrogen-bond donors (Lipinski definition) is 4. The molecule has 0 saturated heterocycles. The van der Waals surface area contributed by atoms with E-state index in [0.717, 1.165) is 38.5 Å². The van der Waals surface area contributed by atoms with Crippen molar-refractivity contribution in [3.63, 3.8) is 0 Å². The summed E-state index contributed by atoms with van der Waals surface area (Å²) in [5.74, 6) is -3.06. The minimum atomic E-state index is -1.25. The lowest BCUT2D eigenvalue weighted by Crippen LogP contribution is -2.43. The SMILES string of the molecule is NC(=O)CC(NC(=O)CCCCCCCCCCCCCCCCC(=O)O)C(=O)O. The molecular weight excluding hydrogens is 388 g/mol. The summed E-state index contributed by atoms with van der Waals surface area (Å²) in [6, 6.07) is -1.24. The van der Waals surface area contributed by atoms with Crippen molar-refractivity contribution in [1.29, 1.82) is 0 Å². The molecule has 174 valence electrons. The molecular formula is C22H40N2O6. The minimum Gasteiger partial charge on any atom is -0.481 e. The summed E-state index contributed by atoms with van der Waals surface area (Å²) in [5.41, 5.74) is 4.98. The maximum absolute atomic E-state index is 11.8. The van der Waals surface area contributed by atoms with Gasteiger partial charge in [0.15, 0.2) is 0 Å². The Balaban J connectivity index is 3.39. The highest BCUT2D eigenvalue weighted by atomic mass is 16.4. The van der Waals surface area contributed by atoms with Gasteiger partial charge in [-0.15, -0.1) is 0 Å². The maximum Gasteiger partial charge on any atom is 0.326 e. The number of rotatable bonds is 21. The van der Waals surface area contributed by atoms with Crippen LogP contribution in [-0.4, -0.2) is 40.0 Å². The number of nitrogens with one attached hydrogen (secondary N) is 1. The molecule has 5 N–H and O–H groups in total. The minimum absolute atomic E-state index is 0.263. The standard InChI is InChI=1S/C22H40N2O6/c23-19(25)17-18(22(29)30)24-20(26)15-13-11-9-7-5-3-1-2-4-6-8-10-12-14-16-21(27)28/h18H,1-17H2,(H2,23,25)(H,24,26)(H,27,28)(H,29,30). The Morgan fingerprint density at radius 2 is 1.00 bits per heavy atom. The van der Waals surface area contributed by atoms with Crippen LogP contribution < -0.4 is 11.1 Å². The second-order valence-electron chi connectivity index (χ2n) is 7.97. The Bertz CT molecular complexity index is 510. The van der Waals surface area contributed by atoms with Gasteiger partial charge in [-0.25, -0.2) is 4.79 Å². The lowest BCUT2D eigenvalue weighted by molar-refractivity contribution is -0.143. The van der Waals surface area contributed by atoms with Gasteiger partial charge in [-0.05, 0) is 12.8 Å². The van der Waals surface area contributed by atoms with Crippen molar-refractivity contribution < 1.29 is 29.4 Å². The highest BCUT2D eigenvalue weighted by Crippen LogP contribution is 2.13. The van der Waals surface area contributed by atoms with Gasteiger partial charge < -0.3 is 21.3 Å². The molecule has 2 amide bonds. The topological polar surface area (TPSA) is 147 Å². The van der Waals surface area contributed by atoms with Crippen LogP contribution in [0.2, 0.25) is 0 Å². The first-order chi connectivity index (χ1) is 14.3. The van der Waals surface area contributed by atoms with Crippen molar-refractivity contribution in [1.82, 2.24) is 5.32 Å². The van der Waals surface area contributed by atoms with E-state index >= 15 is 0 Å². The van der Waals surface area contributed by atoms with Gasteiger partial charge in [-0.1, -0.05) is 77.0 Å². The first-order valence-electron chi connectivity index (χ1n) is 11.3. The number of unbranched alkanes of at least 4 members (excludes halogenated alkanes) is 13. The van der Waals surface area contributed by atoms with E-state index in [2.05, 4.69) is 5.32 Å². The van der Waals surface area contributed by atoms with Crippen LogP contribution in [0.15, 0.2) is 0 Å². The molecule has 0 rings (SSSR count). The number of amides is 2. The Morgan fingerprint density at radius 1 is 0.633 bits per heavy atom. The van der Waals surface area contributed by atoms with E-state index in [0.29, 0.717) is 6.42 Å². The number of carbonyl (C=O) groups is 4. The van der Waals surface area contributed by atoms with Gasteiger partial charge in [0.1, 0.15) is 6.04 Å². The average molecular weight is 429 g/mol. The highest BCUT2D eigenvalue weighted by molar-refractivity contribution is 5.88. The predicted octanol–water partition coefficient (Wildman–Crippen LogP) is 3.76. The molecule has 0 heterocycles. The van der Waals surface area contributed by atoms with Crippen LogP contribution in [0.3, 0.4) is 0 Å². The van der Waals surface area contributed by atoms with E-state index in [4.69, 9.17) is 15.9 Å². The molecule has 0 aromatic rings. The maximum atomic E-state index is 11.8. The molecule has 0 spiro atoms. The third-order valence-electron chi connectivity index (χ3n) is 5.08. The summed E-state index contributed by atoms with van der Waals surface area (Å²) >= 11 is 0. The normalized spacial score (nSPS) is 11.7. The summed E-state index contributed by atoms with van der Waals surface area (Å²) in [4.78, 5) is 43.9. The predicted molar refractivity (Wildman–Crippen MR) is 115 cm³/mol. The van der Waals surface area contributed by atoms with Crippen molar-refractivity contribution in [2.24, 2.45) is 5.73 Å². The molecule has 0 aliphatic rings. The van der Waals surface area contributed by atoms with E-state index in [1.807, 2.05) is 0 Å². The van der Waals surface area contributed by atoms with Crippen molar-refractivity contribution in [2.45, 2.75) is 115 Å². The summed E-state index contributed by atoms with van der Waals surface area (Å²) in [5, 5.41) is 19.9. The molecule has 0 radical (unpaired) electrons. The Morgan fingerprint density at radius 3 is 1.33 bits per heavy atom. The zero-order valence-electron chi connectivity index (χ0n) is 18.2. The van der Waals surface area contributed by atoms with E-state index < -0.39 is 30.3 Å². The third-order valence-corrected chi connectivity index (χ3v) is 5.08. The van der Waals surface area contributed by atoms with E-state index in [-0.39, 0.29) is 18.7 Å². The fourth-order valence-electron chi connectivity index (χ4n) is 3.35. The lowest BCUT2D eigenvalue weighted by Gasteiger charge is -2.12. The first kappa shape index (κ1) is 27.9. The Hall–Kier alpha value is -2.12. The second kappa shape index (κ2) is 18.9. The van der Waals surface area contributed by atoms with Crippen LogP contribution in [0.25, 0.3) is 0 Å². The zero-order chi connectivity index (χ0) is 22.6. The summed E-state index contributed by atoms with van der Waals surface area (Å²) < 4.78 is 0. The molecule has 0 aromatic heterocycles. The van der Waals surface area contributed by atoms with Crippen LogP contribution in [0.4, 0.5) is 0 Å². The smallest absolute Gasteiger partial charge is 0.326 e. The van der Waals surface area contributed by atoms with Crippen molar-refractivity contribution in [3.05, 3.63) is 0 Å². The van der Waals surface area contributed by atoms with Gasteiger partial charge in [0.25, 0.3) is 0 Å². The molecule has 8 nitrogen and oxygen atoms in total. The molecule has 1 unspecified atom stereocenters. The van der Waals surface area contributed by atoms with E-state index in [1.54, 1.807) is 0 Å². The number of hydrogen-bond acceptors (Lipinski definition) is 4. The summed E-state index contributed by atoms with van der Waals surface area (Å²) in [6.45, 7) is 0. The Kier molecular flexibility index (Phi) is 17.5. The van der Waals surface area contributed by atoms with Gasteiger partial charge in [-0.2, -0.15) is 0 Å². The fraction of sp³-hybridized carbons (Fsp3) is 0.818. The molecule has 0 saturated carbocycles. The van der Waals surface area contributed by atoms with Crippen molar-refractivity contribution in [2.75, 3.05) is 0 Å². The molecule has 0 aliphatic carbocycles. The summed E-state index contributed by atoms with van der Waals surface area (Å²) in [7, 11) is 0. The van der Waals surface area contributed by atoms with Crippen molar-refractivity contribution >= 4 is 23.8 Å². The monoisotopic (exact) mass is 428 g/mol. The number of carboxylic acids is 2. The van der Waals surface area contributed by atoms with Crippen LogP contribution in [0.5, 0.6) is 0 Å². The fourth-order valence-corrected chi connectivity index (χ4v) is 3.35. The highest BCUT2D eigenvalue weighted by Gasteiger charge is 2.21. The number of aliphatic carboxylic acids is 2. The number of carbonyl (C=O) groups excluding carboxylic acids is 2. The van der Waals surface area contributed by atoms with Crippen LogP contribution in [-0.2, 0) is 19.2 Å². The number of primary amides is 1. The molecule has 0 aliphatic heterocycles. The van der Waals surface area contributed by atoms with Gasteiger partial charge >= 0.3 is 11.9 Å². The van der Waals surface area contributed by atoms with Crippen LogP contribution >= 0.6 is 0 Å².